The Hall–Kier alpha value is -0.130. The van der Waals surface area contributed by atoms with Crippen LogP contribution in [0.2, 0.25) is 0 Å². The van der Waals surface area contributed by atoms with Gasteiger partial charge >= 0.3 is 0 Å². The minimum Gasteiger partial charge on any atom is -0.396 e. The standard InChI is InChI=1S/C9H20O4S/c1-2-14(12,13)8-4-6-9(11)5-3-7-10/h9-11H,2-8H2,1H3. The molecule has 0 aromatic rings. The number of aliphatic hydroxyl groups is 2. The molecular weight excluding hydrogens is 204 g/mol. The third kappa shape index (κ3) is 7.29. The first-order valence-corrected chi connectivity index (χ1v) is 6.83. The van der Waals surface area contributed by atoms with Gasteiger partial charge in [-0.2, -0.15) is 0 Å². The number of sulfone groups is 1. The lowest BCUT2D eigenvalue weighted by atomic mass is 10.1. The first kappa shape index (κ1) is 13.9. The first-order valence-electron chi connectivity index (χ1n) is 5.01. The summed E-state index contributed by atoms with van der Waals surface area (Å²) in [4.78, 5) is 0. The highest BCUT2D eigenvalue weighted by molar-refractivity contribution is 7.91. The van der Waals surface area contributed by atoms with Crippen molar-refractivity contribution in [3.63, 3.8) is 0 Å². The van der Waals surface area contributed by atoms with E-state index in [0.717, 1.165) is 0 Å². The zero-order valence-electron chi connectivity index (χ0n) is 8.65. The summed E-state index contributed by atoms with van der Waals surface area (Å²) in [6.45, 7) is 1.70. The van der Waals surface area contributed by atoms with Crippen molar-refractivity contribution in [1.29, 1.82) is 0 Å². The maximum atomic E-state index is 11.1. The van der Waals surface area contributed by atoms with E-state index in [-0.39, 0.29) is 18.1 Å². The Kier molecular flexibility index (Phi) is 7.13. The predicted octanol–water partition coefficient (Wildman–Crippen LogP) is 0.335. The molecule has 0 aromatic carbocycles. The fourth-order valence-corrected chi connectivity index (χ4v) is 2.05. The second kappa shape index (κ2) is 7.20. The molecule has 4 nitrogen and oxygen atoms in total. The molecule has 0 heterocycles. The molecule has 0 fully saturated rings. The van der Waals surface area contributed by atoms with Gasteiger partial charge in [-0.15, -0.1) is 0 Å². The summed E-state index contributed by atoms with van der Waals surface area (Å²) in [5.41, 5.74) is 0. The maximum absolute atomic E-state index is 11.1. The van der Waals surface area contributed by atoms with E-state index in [1.165, 1.54) is 0 Å². The SMILES string of the molecule is CCS(=O)(=O)CCCC(O)CCCO. The third-order valence-corrected chi connectivity index (χ3v) is 3.92. The van der Waals surface area contributed by atoms with Crippen LogP contribution < -0.4 is 0 Å². The molecular formula is C9H20O4S. The first-order chi connectivity index (χ1) is 6.52. The fraction of sp³-hybridized carbons (Fsp3) is 1.00. The van der Waals surface area contributed by atoms with Crippen molar-refractivity contribution in [1.82, 2.24) is 0 Å². The molecule has 0 bridgehead atoms. The zero-order chi connectivity index (χ0) is 11.0. The average Bonchev–Trinajstić information content (AvgIpc) is 2.14. The molecule has 1 unspecified atom stereocenters. The Morgan fingerprint density at radius 1 is 1.21 bits per heavy atom. The minimum absolute atomic E-state index is 0.0737. The predicted molar refractivity (Wildman–Crippen MR) is 55.9 cm³/mol. The Morgan fingerprint density at radius 3 is 2.29 bits per heavy atom. The second-order valence-electron chi connectivity index (χ2n) is 3.40. The average molecular weight is 224 g/mol. The highest BCUT2D eigenvalue weighted by Gasteiger charge is 2.09. The van der Waals surface area contributed by atoms with Crippen LogP contribution in [0.15, 0.2) is 0 Å². The van der Waals surface area contributed by atoms with Crippen LogP contribution in [-0.2, 0) is 9.84 Å². The Bertz CT molecular complexity index is 223. The van der Waals surface area contributed by atoms with Crippen molar-refractivity contribution in [2.45, 2.75) is 38.7 Å². The van der Waals surface area contributed by atoms with Gasteiger partial charge in [0.2, 0.25) is 0 Å². The van der Waals surface area contributed by atoms with Gasteiger partial charge in [0, 0.05) is 12.4 Å². The van der Waals surface area contributed by atoms with E-state index in [1.807, 2.05) is 0 Å². The lowest BCUT2D eigenvalue weighted by molar-refractivity contribution is 0.140. The Morgan fingerprint density at radius 2 is 1.79 bits per heavy atom. The van der Waals surface area contributed by atoms with Gasteiger partial charge in [-0.25, -0.2) is 8.42 Å². The zero-order valence-corrected chi connectivity index (χ0v) is 9.46. The molecule has 0 rings (SSSR count). The molecule has 0 aliphatic carbocycles. The van der Waals surface area contributed by atoms with Crippen LogP contribution in [0, 0.1) is 0 Å². The maximum Gasteiger partial charge on any atom is 0.150 e. The number of hydrogen-bond acceptors (Lipinski definition) is 4. The molecule has 14 heavy (non-hydrogen) atoms. The van der Waals surface area contributed by atoms with E-state index in [9.17, 15) is 13.5 Å². The lowest BCUT2D eigenvalue weighted by Gasteiger charge is -2.08. The molecule has 0 aromatic heterocycles. The molecule has 86 valence electrons. The van der Waals surface area contributed by atoms with E-state index in [1.54, 1.807) is 6.92 Å². The molecule has 5 heteroatoms. The summed E-state index contributed by atoms with van der Waals surface area (Å²) in [7, 11) is -2.90. The summed E-state index contributed by atoms with van der Waals surface area (Å²) < 4.78 is 22.1. The number of rotatable bonds is 8. The fourth-order valence-electron chi connectivity index (χ4n) is 1.15. The molecule has 0 spiro atoms. The lowest BCUT2D eigenvalue weighted by Crippen LogP contribution is -2.13. The van der Waals surface area contributed by atoms with Gasteiger partial charge in [0.25, 0.3) is 0 Å². The van der Waals surface area contributed by atoms with Crippen molar-refractivity contribution >= 4 is 9.84 Å². The largest absolute Gasteiger partial charge is 0.396 e. The van der Waals surface area contributed by atoms with Gasteiger partial charge in [-0.1, -0.05) is 6.92 Å². The van der Waals surface area contributed by atoms with E-state index < -0.39 is 15.9 Å². The van der Waals surface area contributed by atoms with E-state index >= 15 is 0 Å². The van der Waals surface area contributed by atoms with Gasteiger partial charge in [0.1, 0.15) is 9.84 Å². The van der Waals surface area contributed by atoms with Gasteiger partial charge in [0.15, 0.2) is 0 Å². The smallest absolute Gasteiger partial charge is 0.150 e. The highest BCUT2D eigenvalue weighted by Crippen LogP contribution is 2.06. The van der Waals surface area contributed by atoms with Crippen LogP contribution in [-0.4, -0.2) is 42.8 Å². The normalized spacial score (nSPS) is 14.2. The molecule has 0 amide bonds. The van der Waals surface area contributed by atoms with Gasteiger partial charge in [0.05, 0.1) is 11.9 Å². The van der Waals surface area contributed by atoms with Gasteiger partial charge in [-0.3, -0.25) is 0 Å². The van der Waals surface area contributed by atoms with Crippen LogP contribution in [0.4, 0.5) is 0 Å². The van der Waals surface area contributed by atoms with Crippen LogP contribution in [0.25, 0.3) is 0 Å². The number of aliphatic hydroxyl groups excluding tert-OH is 2. The Labute approximate surface area is 85.9 Å². The van der Waals surface area contributed by atoms with Crippen LogP contribution in [0.5, 0.6) is 0 Å². The van der Waals surface area contributed by atoms with Crippen molar-refractivity contribution in [3.05, 3.63) is 0 Å². The molecule has 0 saturated heterocycles. The van der Waals surface area contributed by atoms with Crippen molar-refractivity contribution < 1.29 is 18.6 Å². The van der Waals surface area contributed by atoms with Crippen molar-refractivity contribution in [2.75, 3.05) is 18.1 Å². The number of hydrogen-bond donors (Lipinski definition) is 2. The van der Waals surface area contributed by atoms with Gasteiger partial charge < -0.3 is 10.2 Å². The highest BCUT2D eigenvalue weighted by atomic mass is 32.2. The second-order valence-corrected chi connectivity index (χ2v) is 5.87. The molecule has 0 radical (unpaired) electrons. The van der Waals surface area contributed by atoms with Crippen LogP contribution in [0.1, 0.15) is 32.6 Å². The monoisotopic (exact) mass is 224 g/mol. The van der Waals surface area contributed by atoms with Crippen LogP contribution in [0.3, 0.4) is 0 Å². The van der Waals surface area contributed by atoms with E-state index in [4.69, 9.17) is 5.11 Å². The topological polar surface area (TPSA) is 74.6 Å². The quantitative estimate of drug-likeness (QED) is 0.623. The Balaban J connectivity index is 3.54. The molecule has 0 aliphatic heterocycles. The molecule has 1 atom stereocenters. The van der Waals surface area contributed by atoms with E-state index in [2.05, 4.69) is 0 Å². The van der Waals surface area contributed by atoms with Crippen molar-refractivity contribution in [3.8, 4) is 0 Å². The van der Waals surface area contributed by atoms with Crippen molar-refractivity contribution in [2.24, 2.45) is 0 Å². The third-order valence-electron chi connectivity index (χ3n) is 2.13. The molecule has 2 N–H and O–H groups in total. The summed E-state index contributed by atoms with van der Waals surface area (Å²) in [6, 6.07) is 0. The summed E-state index contributed by atoms with van der Waals surface area (Å²) in [5.74, 6) is 0.319. The summed E-state index contributed by atoms with van der Waals surface area (Å²) in [5, 5.41) is 17.8. The minimum atomic E-state index is -2.90. The van der Waals surface area contributed by atoms with Crippen LogP contribution >= 0.6 is 0 Å². The molecule has 0 saturated carbocycles. The summed E-state index contributed by atoms with van der Waals surface area (Å²) in [6.07, 6.45) is 1.64. The van der Waals surface area contributed by atoms with E-state index in [0.29, 0.717) is 25.7 Å². The summed E-state index contributed by atoms with van der Waals surface area (Å²) >= 11 is 0. The molecule has 0 aliphatic rings. The van der Waals surface area contributed by atoms with Gasteiger partial charge in [-0.05, 0) is 25.7 Å².